The molecule has 0 aromatic rings. The maximum atomic E-state index is 2.25. The van der Waals surface area contributed by atoms with E-state index in [1.807, 2.05) is 0 Å². The third-order valence-corrected chi connectivity index (χ3v) is 3.07. The Hall–Kier alpha value is 0. The Labute approximate surface area is 85.1 Å². The van der Waals surface area contributed by atoms with Crippen molar-refractivity contribution in [2.24, 2.45) is 11.8 Å². The van der Waals surface area contributed by atoms with Crippen LogP contribution < -0.4 is 0 Å². The van der Waals surface area contributed by atoms with Crippen molar-refractivity contribution in [2.75, 3.05) is 0 Å². The Bertz CT molecular complexity index is 83.0. The summed E-state index contributed by atoms with van der Waals surface area (Å²) in [4.78, 5) is 0. The van der Waals surface area contributed by atoms with E-state index >= 15 is 0 Å². The molecule has 0 aromatic carbocycles. The highest BCUT2D eigenvalue weighted by molar-refractivity contribution is 4.90. The average molecular weight is 183 g/mol. The van der Waals surface area contributed by atoms with Crippen LogP contribution in [0.4, 0.5) is 0 Å². The predicted octanol–water partition coefficient (Wildman–Crippen LogP) is 4.84. The van der Waals surface area contributed by atoms with Crippen molar-refractivity contribution < 1.29 is 0 Å². The molecule has 13 heavy (non-hydrogen) atoms. The predicted molar refractivity (Wildman–Crippen MR) is 61.7 cm³/mol. The third-order valence-electron chi connectivity index (χ3n) is 3.07. The van der Waals surface area contributed by atoms with E-state index in [0.29, 0.717) is 0 Å². The van der Waals surface area contributed by atoms with Gasteiger partial charge in [-0.2, -0.15) is 0 Å². The zero-order valence-corrected chi connectivity index (χ0v) is 10.2. The first kappa shape index (κ1) is 13.0. The number of hydrogen-bond donors (Lipinski definition) is 0. The van der Waals surface area contributed by atoms with Gasteiger partial charge in [-0.1, -0.05) is 66.7 Å². The van der Waals surface area contributed by atoms with Gasteiger partial charge in [-0.05, 0) is 17.8 Å². The maximum absolute atomic E-state index is 2.25. The smallest absolute Gasteiger partial charge is 0.0221 e. The molecule has 0 spiro atoms. The molecule has 0 N–H and O–H groups in total. The van der Waals surface area contributed by atoms with Gasteiger partial charge < -0.3 is 0 Å². The van der Waals surface area contributed by atoms with Crippen LogP contribution >= 0.6 is 0 Å². The minimum atomic E-state index is 0.759. The molecule has 1 aliphatic rings. The highest BCUT2D eigenvalue weighted by atomic mass is 14.2. The summed E-state index contributed by atoms with van der Waals surface area (Å²) in [6.07, 6.45) is 7.50. The molecule has 0 saturated heterocycles. The molecule has 1 radical (unpaired) electrons. The second-order valence-corrected chi connectivity index (χ2v) is 4.82. The highest BCUT2D eigenvalue weighted by Gasteiger charge is 2.10. The molecule has 1 rings (SSSR count). The van der Waals surface area contributed by atoms with Crippen LogP contribution in [0.3, 0.4) is 0 Å². The van der Waals surface area contributed by atoms with E-state index < -0.39 is 0 Å². The second-order valence-electron chi connectivity index (χ2n) is 4.82. The van der Waals surface area contributed by atoms with E-state index in [9.17, 15) is 0 Å². The number of rotatable bonds is 2. The van der Waals surface area contributed by atoms with Crippen molar-refractivity contribution in [3.05, 3.63) is 5.92 Å². The molecule has 1 saturated carbocycles. The van der Waals surface area contributed by atoms with Crippen LogP contribution in [0.5, 0.6) is 0 Å². The fourth-order valence-corrected chi connectivity index (χ4v) is 1.55. The zero-order chi connectivity index (χ0) is 10.3. The maximum Gasteiger partial charge on any atom is -0.0221 e. The monoisotopic (exact) mass is 183 g/mol. The summed E-state index contributed by atoms with van der Waals surface area (Å²) in [5.74, 6) is 3.12. The van der Waals surface area contributed by atoms with E-state index in [1.54, 1.807) is 5.92 Å². The molecular weight excluding hydrogens is 156 g/mol. The van der Waals surface area contributed by atoms with E-state index in [1.165, 1.54) is 32.1 Å². The van der Waals surface area contributed by atoms with Gasteiger partial charge in [0.2, 0.25) is 0 Å². The Morgan fingerprint density at radius 3 is 1.00 bits per heavy atom. The van der Waals surface area contributed by atoms with E-state index in [0.717, 1.165) is 11.8 Å². The zero-order valence-electron chi connectivity index (χ0n) is 10.2. The van der Waals surface area contributed by atoms with Gasteiger partial charge in [0.25, 0.3) is 0 Å². The van der Waals surface area contributed by atoms with Gasteiger partial charge in [0.05, 0.1) is 0 Å². The molecule has 0 amide bonds. The van der Waals surface area contributed by atoms with E-state index in [-0.39, 0.29) is 0 Å². The molecule has 0 heteroatoms. The Morgan fingerprint density at radius 1 is 0.692 bits per heavy atom. The van der Waals surface area contributed by atoms with Gasteiger partial charge in [-0.25, -0.2) is 0 Å². The molecule has 79 valence electrons. The summed E-state index contributed by atoms with van der Waals surface area (Å²) in [6, 6.07) is 0. The molecule has 0 heterocycles. The first-order valence-corrected chi connectivity index (χ1v) is 5.89. The van der Waals surface area contributed by atoms with Gasteiger partial charge in [-0.15, -0.1) is 0 Å². The van der Waals surface area contributed by atoms with E-state index in [2.05, 4.69) is 34.6 Å². The fraction of sp³-hybridized carbons (Fsp3) is 0.923. The molecule has 0 bridgehead atoms. The van der Waals surface area contributed by atoms with Crippen molar-refractivity contribution in [1.29, 1.82) is 0 Å². The molecule has 0 atom stereocenters. The topological polar surface area (TPSA) is 0 Å². The van der Waals surface area contributed by atoms with Crippen LogP contribution in [-0.4, -0.2) is 0 Å². The summed E-state index contributed by atoms with van der Waals surface area (Å²) < 4.78 is 0. The molecule has 0 aromatic heterocycles. The largest absolute Gasteiger partial charge is 0.0622 e. The summed E-state index contributed by atoms with van der Waals surface area (Å²) in [5, 5.41) is 0. The van der Waals surface area contributed by atoms with Crippen LogP contribution in [0.15, 0.2) is 0 Å². The van der Waals surface area contributed by atoms with Gasteiger partial charge in [0.1, 0.15) is 0 Å². The van der Waals surface area contributed by atoms with Gasteiger partial charge in [0.15, 0.2) is 0 Å². The SMILES string of the molecule is C1CCCC1.C[C](C(C)C)C(C)C. The van der Waals surface area contributed by atoms with Crippen molar-refractivity contribution in [3.8, 4) is 0 Å². The molecule has 1 fully saturated rings. The van der Waals surface area contributed by atoms with Crippen LogP contribution in [0.25, 0.3) is 0 Å². The lowest BCUT2D eigenvalue weighted by atomic mass is 9.88. The molecule has 0 nitrogen and oxygen atoms in total. The third kappa shape index (κ3) is 7.10. The molecular formula is C13H27. The Morgan fingerprint density at radius 2 is 0.923 bits per heavy atom. The Balaban J connectivity index is 0.000000243. The van der Waals surface area contributed by atoms with Crippen LogP contribution in [0.2, 0.25) is 0 Å². The first-order chi connectivity index (χ1) is 6.05. The summed E-state index contributed by atoms with van der Waals surface area (Å²) in [7, 11) is 0. The lowest BCUT2D eigenvalue weighted by Gasteiger charge is -2.17. The normalized spacial score (nSPS) is 16.6. The van der Waals surface area contributed by atoms with Crippen LogP contribution in [0, 0.1) is 17.8 Å². The van der Waals surface area contributed by atoms with Gasteiger partial charge in [-0.3, -0.25) is 0 Å². The lowest BCUT2D eigenvalue weighted by molar-refractivity contribution is 0.523. The fourth-order valence-electron chi connectivity index (χ4n) is 1.55. The highest BCUT2D eigenvalue weighted by Crippen LogP contribution is 2.20. The molecule has 1 aliphatic carbocycles. The number of hydrogen-bond acceptors (Lipinski definition) is 0. The van der Waals surface area contributed by atoms with Crippen LogP contribution in [-0.2, 0) is 0 Å². The summed E-state index contributed by atoms with van der Waals surface area (Å²) in [6.45, 7) is 11.2. The van der Waals surface area contributed by atoms with Crippen molar-refractivity contribution in [2.45, 2.75) is 66.7 Å². The van der Waals surface area contributed by atoms with Gasteiger partial charge in [0, 0.05) is 0 Å². The van der Waals surface area contributed by atoms with Crippen LogP contribution in [0.1, 0.15) is 66.7 Å². The molecule has 0 aliphatic heterocycles. The van der Waals surface area contributed by atoms with Crippen molar-refractivity contribution in [1.82, 2.24) is 0 Å². The quantitative estimate of drug-likeness (QED) is 0.574. The summed E-state index contributed by atoms with van der Waals surface area (Å²) >= 11 is 0. The summed E-state index contributed by atoms with van der Waals surface area (Å²) in [5.41, 5.74) is 0. The molecule has 0 unspecified atom stereocenters. The first-order valence-electron chi connectivity index (χ1n) is 5.89. The van der Waals surface area contributed by atoms with Crippen molar-refractivity contribution >= 4 is 0 Å². The second kappa shape index (κ2) is 7.41. The average Bonchev–Trinajstić information content (AvgIpc) is 2.59. The minimum absolute atomic E-state index is 0.759. The minimum Gasteiger partial charge on any atom is -0.0622 e. The Kier molecular flexibility index (Phi) is 7.41. The standard InChI is InChI=1S/C8H17.C5H10/c1-6(2)8(5)7(3)4;1-2-4-5-3-1/h6-7H,1-5H3;1-5H2. The van der Waals surface area contributed by atoms with Gasteiger partial charge >= 0.3 is 0 Å². The van der Waals surface area contributed by atoms with E-state index in [4.69, 9.17) is 0 Å². The van der Waals surface area contributed by atoms with Crippen molar-refractivity contribution in [3.63, 3.8) is 0 Å². The lowest BCUT2D eigenvalue weighted by Crippen LogP contribution is -2.07.